The van der Waals surface area contributed by atoms with Gasteiger partial charge in [0.15, 0.2) is 0 Å². The summed E-state index contributed by atoms with van der Waals surface area (Å²) >= 11 is 0. The second-order valence-electron chi connectivity index (χ2n) is 4.26. The highest BCUT2D eigenvalue weighted by atomic mass is 16.6. The van der Waals surface area contributed by atoms with Gasteiger partial charge in [0.2, 0.25) is 6.54 Å². The standard InChI is InChI=1S/C13H17NO5.CO2/c1-9(13(15)19-3)11(8-14(16)17)10-6-4-5-7-12(10)18-2;2-1-3/h4-7,9,11H,8H2,1-3H3;/t9?,11-;/m0./s1. The van der Waals surface area contributed by atoms with Gasteiger partial charge in [-0.05, 0) is 6.07 Å². The molecule has 120 valence electrons. The van der Waals surface area contributed by atoms with Crippen LogP contribution in [0, 0.1) is 16.0 Å². The van der Waals surface area contributed by atoms with E-state index in [9.17, 15) is 14.9 Å². The molecule has 0 fully saturated rings. The van der Waals surface area contributed by atoms with E-state index in [2.05, 4.69) is 4.74 Å². The Morgan fingerprint density at radius 2 is 1.86 bits per heavy atom. The van der Waals surface area contributed by atoms with Gasteiger partial charge < -0.3 is 9.47 Å². The molecule has 0 radical (unpaired) electrons. The summed E-state index contributed by atoms with van der Waals surface area (Å²) in [4.78, 5) is 38.2. The molecule has 1 rings (SSSR count). The fourth-order valence-electron chi connectivity index (χ4n) is 2.01. The smallest absolute Gasteiger partial charge is 0.373 e. The summed E-state index contributed by atoms with van der Waals surface area (Å²) in [5, 5.41) is 10.8. The van der Waals surface area contributed by atoms with E-state index in [0.717, 1.165) is 0 Å². The summed E-state index contributed by atoms with van der Waals surface area (Å²) in [5.74, 6) is -1.15. The average molecular weight is 311 g/mol. The molecule has 0 amide bonds. The highest BCUT2D eigenvalue weighted by Gasteiger charge is 2.32. The predicted octanol–water partition coefficient (Wildman–Crippen LogP) is 1.28. The number of carbonyl (C=O) groups is 1. The highest BCUT2D eigenvalue weighted by molar-refractivity contribution is 5.73. The molecule has 2 atom stereocenters. The van der Waals surface area contributed by atoms with E-state index in [-0.39, 0.29) is 12.7 Å². The first kappa shape index (κ1) is 19.3. The minimum atomic E-state index is -0.619. The van der Waals surface area contributed by atoms with Crippen LogP contribution in [0.25, 0.3) is 0 Å². The quantitative estimate of drug-likeness (QED) is 0.441. The van der Waals surface area contributed by atoms with Crippen molar-refractivity contribution < 1.29 is 28.8 Å². The Labute approximate surface area is 127 Å². The molecule has 0 bridgehead atoms. The van der Waals surface area contributed by atoms with Crippen molar-refractivity contribution in [3.63, 3.8) is 0 Å². The first-order valence-corrected chi connectivity index (χ1v) is 6.24. The van der Waals surface area contributed by atoms with Crippen LogP contribution in [0.3, 0.4) is 0 Å². The lowest BCUT2D eigenvalue weighted by atomic mass is 9.86. The Balaban J connectivity index is 0.00000135. The number of para-hydroxylation sites is 1. The van der Waals surface area contributed by atoms with Gasteiger partial charge in [0.05, 0.1) is 26.1 Å². The van der Waals surface area contributed by atoms with E-state index >= 15 is 0 Å². The first-order chi connectivity index (χ1) is 10.4. The van der Waals surface area contributed by atoms with E-state index in [1.54, 1.807) is 31.2 Å². The molecule has 1 aromatic rings. The molecule has 22 heavy (non-hydrogen) atoms. The van der Waals surface area contributed by atoms with Crippen molar-refractivity contribution in [2.24, 2.45) is 5.92 Å². The number of nitro groups is 1. The highest BCUT2D eigenvalue weighted by Crippen LogP contribution is 2.32. The third-order valence-electron chi connectivity index (χ3n) is 3.06. The molecule has 1 unspecified atom stereocenters. The molecule has 0 aliphatic heterocycles. The summed E-state index contributed by atoms with van der Waals surface area (Å²) in [6.45, 7) is 1.27. The number of hydrogen-bond donors (Lipinski definition) is 0. The molecule has 0 saturated carbocycles. The van der Waals surface area contributed by atoms with Crippen molar-refractivity contribution in [3.05, 3.63) is 39.9 Å². The Bertz CT molecular complexity index is 538. The van der Waals surface area contributed by atoms with Crippen LogP contribution >= 0.6 is 0 Å². The number of methoxy groups -OCH3 is 2. The fourth-order valence-corrected chi connectivity index (χ4v) is 2.01. The second-order valence-corrected chi connectivity index (χ2v) is 4.26. The third kappa shape index (κ3) is 5.72. The van der Waals surface area contributed by atoms with Crippen molar-refractivity contribution in [2.45, 2.75) is 12.8 Å². The predicted molar refractivity (Wildman–Crippen MR) is 73.8 cm³/mol. The van der Waals surface area contributed by atoms with Crippen molar-refractivity contribution in [2.75, 3.05) is 20.8 Å². The zero-order valence-electron chi connectivity index (χ0n) is 12.5. The molecule has 0 saturated heterocycles. The monoisotopic (exact) mass is 311 g/mol. The summed E-state index contributed by atoms with van der Waals surface area (Å²) < 4.78 is 9.86. The lowest BCUT2D eigenvalue weighted by Crippen LogP contribution is -2.26. The molecule has 8 heteroatoms. The van der Waals surface area contributed by atoms with Crippen molar-refractivity contribution >= 4 is 12.1 Å². The second kappa shape index (κ2) is 10.1. The van der Waals surface area contributed by atoms with Crippen LogP contribution in [-0.4, -0.2) is 37.8 Å². The van der Waals surface area contributed by atoms with Gasteiger partial charge in [0.25, 0.3) is 0 Å². The Kier molecular flexibility index (Phi) is 8.81. The minimum absolute atomic E-state index is 0.250. The number of carbonyl (C=O) groups excluding carboxylic acids is 3. The van der Waals surface area contributed by atoms with Gasteiger partial charge in [-0.3, -0.25) is 14.9 Å². The largest absolute Gasteiger partial charge is 0.496 e. The zero-order valence-corrected chi connectivity index (χ0v) is 12.5. The molecule has 0 heterocycles. The van der Waals surface area contributed by atoms with Gasteiger partial charge >= 0.3 is 12.1 Å². The van der Waals surface area contributed by atoms with Crippen LogP contribution in [0.15, 0.2) is 24.3 Å². The normalized spacial score (nSPS) is 12.0. The average Bonchev–Trinajstić information content (AvgIpc) is 2.51. The number of benzene rings is 1. The number of esters is 1. The van der Waals surface area contributed by atoms with Crippen molar-refractivity contribution in [3.8, 4) is 5.75 Å². The van der Waals surface area contributed by atoms with Gasteiger partial charge in [-0.15, -0.1) is 0 Å². The molecule has 0 aliphatic rings. The van der Waals surface area contributed by atoms with E-state index in [0.29, 0.717) is 11.3 Å². The molecule has 0 spiro atoms. The minimum Gasteiger partial charge on any atom is -0.496 e. The van der Waals surface area contributed by atoms with Gasteiger partial charge in [-0.25, -0.2) is 0 Å². The maximum absolute atomic E-state index is 11.6. The maximum Gasteiger partial charge on any atom is 0.373 e. The van der Waals surface area contributed by atoms with Crippen LogP contribution in [0.5, 0.6) is 5.75 Å². The van der Waals surface area contributed by atoms with E-state index in [4.69, 9.17) is 14.3 Å². The maximum atomic E-state index is 11.6. The molecule has 0 aliphatic carbocycles. The first-order valence-electron chi connectivity index (χ1n) is 6.24. The molecule has 8 nitrogen and oxygen atoms in total. The van der Waals surface area contributed by atoms with Crippen LogP contribution in [0.4, 0.5) is 0 Å². The van der Waals surface area contributed by atoms with Gasteiger partial charge in [-0.1, -0.05) is 25.1 Å². The van der Waals surface area contributed by atoms with E-state index in [1.165, 1.54) is 14.2 Å². The summed E-state index contributed by atoms with van der Waals surface area (Å²) in [7, 11) is 2.76. The number of nitrogens with zero attached hydrogens (tertiary/aromatic N) is 1. The van der Waals surface area contributed by atoms with Gasteiger partial charge in [0, 0.05) is 10.5 Å². The SMILES string of the molecule is COC(=O)C(C)[C@H](C[N+](=O)[O-])c1ccccc1OC.O=C=O. The fraction of sp³-hybridized carbons (Fsp3) is 0.429. The lowest BCUT2D eigenvalue weighted by molar-refractivity contribution is -0.484. The van der Waals surface area contributed by atoms with E-state index < -0.39 is 22.7 Å². The molecule has 0 aromatic heterocycles. The number of rotatable bonds is 6. The lowest BCUT2D eigenvalue weighted by Gasteiger charge is -2.20. The summed E-state index contributed by atoms with van der Waals surface area (Å²) in [6.07, 6.45) is 0.250. The Hall–Kier alpha value is -2.73. The summed E-state index contributed by atoms with van der Waals surface area (Å²) in [5.41, 5.74) is 0.639. The third-order valence-corrected chi connectivity index (χ3v) is 3.06. The molecule has 0 N–H and O–H groups in total. The number of ether oxygens (including phenoxy) is 2. The Morgan fingerprint density at radius 1 is 1.32 bits per heavy atom. The number of hydrogen-bond acceptors (Lipinski definition) is 7. The van der Waals surface area contributed by atoms with Crippen LogP contribution < -0.4 is 4.74 Å². The van der Waals surface area contributed by atoms with Gasteiger partial charge in [0.1, 0.15) is 5.75 Å². The molecule has 1 aromatic carbocycles. The molecular formula is C14H17NO7. The van der Waals surface area contributed by atoms with Gasteiger partial charge in [-0.2, -0.15) is 9.59 Å². The zero-order chi connectivity index (χ0) is 17.1. The molecular weight excluding hydrogens is 294 g/mol. The Morgan fingerprint density at radius 3 is 2.32 bits per heavy atom. The van der Waals surface area contributed by atoms with Crippen LogP contribution in [0.2, 0.25) is 0 Å². The van der Waals surface area contributed by atoms with Crippen molar-refractivity contribution in [1.82, 2.24) is 0 Å². The van der Waals surface area contributed by atoms with E-state index in [1.807, 2.05) is 0 Å². The topological polar surface area (TPSA) is 113 Å². The summed E-state index contributed by atoms with van der Waals surface area (Å²) in [6, 6.07) is 6.97. The van der Waals surface area contributed by atoms with Crippen LogP contribution in [-0.2, 0) is 19.1 Å². The van der Waals surface area contributed by atoms with Crippen LogP contribution in [0.1, 0.15) is 18.4 Å². The van der Waals surface area contributed by atoms with Crippen molar-refractivity contribution in [1.29, 1.82) is 0 Å².